The zero-order valence-corrected chi connectivity index (χ0v) is 11.3. The fourth-order valence-corrected chi connectivity index (χ4v) is 2.76. The van der Waals surface area contributed by atoms with Gasteiger partial charge in [0.15, 0.2) is 0 Å². The van der Waals surface area contributed by atoms with Gasteiger partial charge in [0.25, 0.3) is 5.69 Å². The number of aromatic nitrogens is 1. The van der Waals surface area contributed by atoms with Crippen molar-refractivity contribution < 1.29 is 10.0 Å². The molecule has 1 saturated carbocycles. The molecule has 104 valence electrons. The van der Waals surface area contributed by atoms with Crippen LogP contribution in [0.25, 0.3) is 0 Å². The van der Waals surface area contributed by atoms with Gasteiger partial charge in [-0.15, -0.1) is 0 Å². The maximum atomic E-state index is 10.7. The van der Waals surface area contributed by atoms with E-state index in [1.54, 1.807) is 6.92 Å². The third-order valence-corrected chi connectivity index (χ3v) is 3.67. The van der Waals surface area contributed by atoms with Crippen molar-refractivity contribution in [1.82, 2.24) is 4.98 Å². The average molecular weight is 265 g/mol. The topological polar surface area (TPSA) is 79.5 Å². The van der Waals surface area contributed by atoms with E-state index in [-0.39, 0.29) is 5.69 Å². The number of hydrogen-bond acceptors (Lipinski definition) is 5. The molecule has 0 atom stereocenters. The van der Waals surface area contributed by atoms with E-state index < -0.39 is 10.5 Å². The Balaban J connectivity index is 2.15. The quantitative estimate of drug-likeness (QED) is 0.665. The molecule has 1 aromatic heterocycles. The van der Waals surface area contributed by atoms with Gasteiger partial charge in [-0.3, -0.25) is 10.1 Å². The van der Waals surface area contributed by atoms with Gasteiger partial charge in [0.05, 0.1) is 10.5 Å². The number of pyridine rings is 1. The van der Waals surface area contributed by atoms with Gasteiger partial charge in [0.2, 0.25) is 0 Å². The smallest absolute Gasteiger partial charge is 0.287 e. The molecular weight excluding hydrogens is 246 g/mol. The Kier molecular flexibility index (Phi) is 3.71. The van der Waals surface area contributed by atoms with Crippen molar-refractivity contribution in [2.75, 3.05) is 18.5 Å². The number of aryl methyl sites for hydroxylation is 1. The molecule has 1 fully saturated rings. The van der Waals surface area contributed by atoms with Crippen LogP contribution in [0.1, 0.15) is 31.2 Å². The van der Waals surface area contributed by atoms with Crippen LogP contribution >= 0.6 is 0 Å². The van der Waals surface area contributed by atoms with Crippen LogP contribution in [0.2, 0.25) is 0 Å². The molecule has 0 amide bonds. The fraction of sp³-hybridized carbons (Fsp3) is 0.615. The molecular formula is C13H19N3O3. The first kappa shape index (κ1) is 13.7. The second-order valence-electron chi connectivity index (χ2n) is 5.38. The number of aliphatic hydroxyl groups is 1. The Hall–Kier alpha value is -1.69. The summed E-state index contributed by atoms with van der Waals surface area (Å²) in [6.07, 6.45) is 4.98. The SMILES string of the molecule is Cc1cc([N+](=O)[O-])cnc1N(C)CC1(O)CCCC1. The van der Waals surface area contributed by atoms with Crippen LogP contribution in [0.3, 0.4) is 0 Å². The monoisotopic (exact) mass is 265 g/mol. The molecule has 2 rings (SSSR count). The molecule has 0 saturated heterocycles. The first-order chi connectivity index (χ1) is 8.91. The summed E-state index contributed by atoms with van der Waals surface area (Å²) < 4.78 is 0. The van der Waals surface area contributed by atoms with Crippen molar-refractivity contribution in [3.8, 4) is 0 Å². The zero-order chi connectivity index (χ0) is 14.0. The van der Waals surface area contributed by atoms with Crippen molar-refractivity contribution in [3.05, 3.63) is 27.9 Å². The summed E-state index contributed by atoms with van der Waals surface area (Å²) >= 11 is 0. The Morgan fingerprint density at radius 2 is 2.16 bits per heavy atom. The predicted molar refractivity (Wildman–Crippen MR) is 72.3 cm³/mol. The highest BCUT2D eigenvalue weighted by molar-refractivity contribution is 5.50. The third kappa shape index (κ3) is 3.01. The molecule has 0 radical (unpaired) electrons. The highest BCUT2D eigenvalue weighted by atomic mass is 16.6. The minimum Gasteiger partial charge on any atom is -0.388 e. The lowest BCUT2D eigenvalue weighted by Crippen LogP contribution is -2.39. The van der Waals surface area contributed by atoms with Gasteiger partial charge < -0.3 is 10.0 Å². The molecule has 0 bridgehead atoms. The maximum absolute atomic E-state index is 10.7. The highest BCUT2D eigenvalue weighted by Crippen LogP contribution is 2.31. The van der Waals surface area contributed by atoms with Crippen LogP contribution in [0.5, 0.6) is 0 Å². The Bertz CT molecular complexity index is 484. The van der Waals surface area contributed by atoms with Crippen LogP contribution in [-0.2, 0) is 0 Å². The van der Waals surface area contributed by atoms with Gasteiger partial charge in [-0.2, -0.15) is 0 Å². The number of nitrogens with zero attached hydrogens (tertiary/aromatic N) is 3. The average Bonchev–Trinajstić information content (AvgIpc) is 2.75. The molecule has 6 nitrogen and oxygen atoms in total. The third-order valence-electron chi connectivity index (χ3n) is 3.67. The molecule has 1 aliphatic rings. The van der Waals surface area contributed by atoms with Gasteiger partial charge >= 0.3 is 0 Å². The van der Waals surface area contributed by atoms with Crippen molar-refractivity contribution in [1.29, 1.82) is 0 Å². The summed E-state index contributed by atoms with van der Waals surface area (Å²) in [7, 11) is 1.86. The standard InChI is InChI=1S/C13H19N3O3/c1-10-7-11(16(18)19)8-14-12(10)15(2)9-13(17)5-3-4-6-13/h7-8,17H,3-6,9H2,1-2H3. The van der Waals surface area contributed by atoms with Crippen molar-refractivity contribution in [3.63, 3.8) is 0 Å². The van der Waals surface area contributed by atoms with Crippen molar-refractivity contribution in [2.45, 2.75) is 38.2 Å². The Morgan fingerprint density at radius 1 is 1.53 bits per heavy atom. The van der Waals surface area contributed by atoms with E-state index in [9.17, 15) is 15.2 Å². The van der Waals surface area contributed by atoms with E-state index in [1.807, 2.05) is 11.9 Å². The van der Waals surface area contributed by atoms with Crippen molar-refractivity contribution in [2.24, 2.45) is 0 Å². The molecule has 6 heteroatoms. The second-order valence-corrected chi connectivity index (χ2v) is 5.38. The number of hydrogen-bond donors (Lipinski definition) is 1. The molecule has 0 aliphatic heterocycles. The lowest BCUT2D eigenvalue weighted by molar-refractivity contribution is -0.385. The van der Waals surface area contributed by atoms with E-state index in [1.165, 1.54) is 12.3 Å². The molecule has 0 unspecified atom stereocenters. The van der Waals surface area contributed by atoms with E-state index in [2.05, 4.69) is 4.98 Å². The maximum Gasteiger partial charge on any atom is 0.287 e. The number of rotatable bonds is 4. The molecule has 19 heavy (non-hydrogen) atoms. The first-order valence-electron chi connectivity index (χ1n) is 6.46. The minimum absolute atomic E-state index is 0.00534. The molecule has 1 aromatic rings. The molecule has 0 spiro atoms. The number of nitro groups is 1. The zero-order valence-electron chi connectivity index (χ0n) is 11.3. The van der Waals surface area contributed by atoms with Gasteiger partial charge in [0, 0.05) is 19.7 Å². The molecule has 1 N–H and O–H groups in total. The van der Waals surface area contributed by atoms with Crippen LogP contribution < -0.4 is 4.90 Å². The van der Waals surface area contributed by atoms with Gasteiger partial charge in [-0.25, -0.2) is 4.98 Å². The predicted octanol–water partition coefficient (Wildman–Crippen LogP) is 2.04. The lowest BCUT2D eigenvalue weighted by Gasteiger charge is -2.30. The Labute approximate surface area is 112 Å². The van der Waals surface area contributed by atoms with Gasteiger partial charge in [-0.05, 0) is 25.3 Å². The van der Waals surface area contributed by atoms with Crippen molar-refractivity contribution >= 4 is 11.5 Å². The van der Waals surface area contributed by atoms with Crippen LogP contribution in [-0.4, -0.2) is 34.2 Å². The van der Waals surface area contributed by atoms with E-state index in [4.69, 9.17) is 0 Å². The largest absolute Gasteiger partial charge is 0.388 e. The fourth-order valence-electron chi connectivity index (χ4n) is 2.76. The first-order valence-corrected chi connectivity index (χ1v) is 6.46. The second kappa shape index (κ2) is 5.13. The van der Waals surface area contributed by atoms with Gasteiger partial charge in [-0.1, -0.05) is 12.8 Å². The van der Waals surface area contributed by atoms with E-state index in [0.717, 1.165) is 31.2 Å². The minimum atomic E-state index is -0.648. The number of likely N-dealkylation sites (N-methyl/N-ethyl adjacent to an activating group) is 1. The number of anilines is 1. The Morgan fingerprint density at radius 3 is 2.68 bits per heavy atom. The summed E-state index contributed by atoms with van der Waals surface area (Å²) in [5, 5.41) is 21.1. The van der Waals surface area contributed by atoms with Gasteiger partial charge in [0.1, 0.15) is 12.0 Å². The van der Waals surface area contributed by atoms with Crippen LogP contribution in [0.15, 0.2) is 12.3 Å². The molecule has 0 aromatic carbocycles. The summed E-state index contributed by atoms with van der Waals surface area (Å²) in [4.78, 5) is 16.3. The van der Waals surface area contributed by atoms with Crippen LogP contribution in [0, 0.1) is 17.0 Å². The summed E-state index contributed by atoms with van der Waals surface area (Å²) in [6.45, 7) is 2.31. The van der Waals surface area contributed by atoms with Crippen LogP contribution in [0.4, 0.5) is 11.5 Å². The molecule has 1 heterocycles. The van der Waals surface area contributed by atoms with E-state index in [0.29, 0.717) is 12.4 Å². The normalized spacial score (nSPS) is 17.4. The highest BCUT2D eigenvalue weighted by Gasteiger charge is 2.32. The lowest BCUT2D eigenvalue weighted by atomic mass is 10.0. The summed E-state index contributed by atoms with van der Waals surface area (Å²) in [6, 6.07) is 1.51. The summed E-state index contributed by atoms with van der Waals surface area (Å²) in [5.41, 5.74) is 0.0949. The summed E-state index contributed by atoms with van der Waals surface area (Å²) in [5.74, 6) is 0.686. The molecule has 1 aliphatic carbocycles. The van der Waals surface area contributed by atoms with E-state index >= 15 is 0 Å².